The van der Waals surface area contributed by atoms with E-state index in [-0.39, 0.29) is 10.8 Å². The van der Waals surface area contributed by atoms with Gasteiger partial charge in [0.15, 0.2) is 5.25 Å². The Morgan fingerprint density at radius 2 is 1.93 bits per heavy atom. The number of nitriles is 1. The molecular formula is C7H11F3N2O2S. The van der Waals surface area contributed by atoms with E-state index in [9.17, 15) is 21.6 Å². The third-order valence-electron chi connectivity index (χ3n) is 1.70. The highest BCUT2D eigenvalue weighted by Crippen LogP contribution is 2.19. The Hall–Kier alpha value is -0.810. The Morgan fingerprint density at radius 3 is 2.20 bits per heavy atom. The van der Waals surface area contributed by atoms with Gasteiger partial charge in [0, 0.05) is 6.54 Å². The van der Waals surface area contributed by atoms with Crippen LogP contribution in [0, 0.1) is 11.3 Å². The minimum atomic E-state index is -4.60. The maximum absolute atomic E-state index is 12.0. The van der Waals surface area contributed by atoms with Crippen LogP contribution < -0.4 is 0 Å². The predicted molar refractivity (Wildman–Crippen MR) is 47.3 cm³/mol. The van der Waals surface area contributed by atoms with Crippen molar-refractivity contribution in [3.63, 3.8) is 0 Å². The summed E-state index contributed by atoms with van der Waals surface area (Å²) < 4.78 is 59.0. The van der Waals surface area contributed by atoms with Crippen molar-refractivity contribution in [3.05, 3.63) is 0 Å². The smallest absolute Gasteiger partial charge is 0.211 e. The number of nitrogens with zero attached hydrogens (tertiary/aromatic N) is 2. The molecule has 0 rings (SSSR count). The second-order valence-corrected chi connectivity index (χ2v) is 5.11. The molecule has 0 amide bonds. The highest BCUT2D eigenvalue weighted by atomic mass is 32.2. The Balaban J connectivity index is 4.93. The molecule has 0 aromatic heterocycles. The lowest BCUT2D eigenvalue weighted by molar-refractivity contribution is -0.135. The van der Waals surface area contributed by atoms with Crippen molar-refractivity contribution in [2.24, 2.45) is 0 Å². The summed E-state index contributed by atoms with van der Waals surface area (Å²) in [6.45, 7) is 0.466. The van der Waals surface area contributed by atoms with Crippen LogP contribution in [0.5, 0.6) is 0 Å². The van der Waals surface area contributed by atoms with Crippen molar-refractivity contribution < 1.29 is 21.6 Å². The quantitative estimate of drug-likeness (QED) is 0.744. The molecule has 1 unspecified atom stereocenters. The molecule has 15 heavy (non-hydrogen) atoms. The monoisotopic (exact) mass is 244 g/mol. The van der Waals surface area contributed by atoms with Gasteiger partial charge in [-0.2, -0.15) is 22.7 Å². The normalized spacial score (nSPS) is 15.0. The van der Waals surface area contributed by atoms with Crippen LogP contribution in [0.2, 0.25) is 0 Å². The average molecular weight is 244 g/mol. The maximum atomic E-state index is 12.0. The largest absolute Gasteiger partial charge is 0.402 e. The third-order valence-corrected chi connectivity index (χ3v) is 3.80. The molecule has 0 aromatic rings. The van der Waals surface area contributed by atoms with Gasteiger partial charge in [0.1, 0.15) is 6.54 Å². The van der Waals surface area contributed by atoms with Gasteiger partial charge < -0.3 is 0 Å². The first-order chi connectivity index (χ1) is 6.65. The molecular weight excluding hydrogens is 233 g/mol. The summed E-state index contributed by atoms with van der Waals surface area (Å²) in [5.74, 6) is 0. The molecule has 88 valence electrons. The number of halogens is 3. The average Bonchev–Trinajstić information content (AvgIpc) is 2.10. The Labute approximate surface area is 86.3 Å². The van der Waals surface area contributed by atoms with E-state index in [0.717, 1.165) is 6.92 Å². The number of sulfonamides is 1. The van der Waals surface area contributed by atoms with Crippen LogP contribution in [-0.4, -0.2) is 37.2 Å². The fourth-order valence-corrected chi connectivity index (χ4v) is 2.14. The molecule has 0 heterocycles. The summed E-state index contributed by atoms with van der Waals surface area (Å²) in [5.41, 5.74) is 0. The maximum Gasteiger partial charge on any atom is 0.402 e. The molecule has 0 aliphatic carbocycles. The van der Waals surface area contributed by atoms with Crippen molar-refractivity contribution in [3.8, 4) is 6.07 Å². The summed E-state index contributed by atoms with van der Waals surface area (Å²) in [6, 6.07) is 1.41. The first-order valence-electron chi connectivity index (χ1n) is 4.10. The van der Waals surface area contributed by atoms with Crippen LogP contribution in [0.4, 0.5) is 13.2 Å². The van der Waals surface area contributed by atoms with E-state index in [4.69, 9.17) is 5.26 Å². The minimum absolute atomic E-state index is 0.251. The van der Waals surface area contributed by atoms with Gasteiger partial charge in [-0.05, 0) is 6.92 Å². The van der Waals surface area contributed by atoms with E-state index in [1.54, 1.807) is 0 Å². The SMILES string of the molecule is CCN(CC(F)(F)F)S(=O)(=O)C(C)C#N. The number of alkyl halides is 3. The highest BCUT2D eigenvalue weighted by molar-refractivity contribution is 7.89. The van der Waals surface area contributed by atoms with E-state index in [1.165, 1.54) is 13.0 Å². The van der Waals surface area contributed by atoms with Crippen LogP contribution in [0.25, 0.3) is 0 Å². The number of hydrogen-bond acceptors (Lipinski definition) is 3. The molecule has 0 fully saturated rings. The molecule has 0 spiro atoms. The lowest BCUT2D eigenvalue weighted by Crippen LogP contribution is -2.42. The van der Waals surface area contributed by atoms with Crippen molar-refractivity contribution in [1.29, 1.82) is 5.26 Å². The fourth-order valence-electron chi connectivity index (χ4n) is 0.872. The first kappa shape index (κ1) is 14.2. The molecule has 1 atom stereocenters. The third kappa shape index (κ3) is 4.05. The summed E-state index contributed by atoms with van der Waals surface area (Å²) in [5, 5.41) is 6.90. The van der Waals surface area contributed by atoms with Crippen LogP contribution in [0.15, 0.2) is 0 Å². The van der Waals surface area contributed by atoms with Crippen LogP contribution >= 0.6 is 0 Å². The first-order valence-corrected chi connectivity index (χ1v) is 5.60. The van der Waals surface area contributed by atoms with E-state index in [0.29, 0.717) is 0 Å². The molecule has 0 aliphatic heterocycles. The van der Waals surface area contributed by atoms with Crippen molar-refractivity contribution in [2.45, 2.75) is 25.3 Å². The van der Waals surface area contributed by atoms with Gasteiger partial charge in [-0.15, -0.1) is 0 Å². The van der Waals surface area contributed by atoms with Crippen molar-refractivity contribution in [2.75, 3.05) is 13.1 Å². The van der Waals surface area contributed by atoms with Crippen molar-refractivity contribution in [1.82, 2.24) is 4.31 Å². The summed E-state index contributed by atoms with van der Waals surface area (Å²) in [7, 11) is -4.18. The van der Waals surface area contributed by atoms with Gasteiger partial charge >= 0.3 is 6.18 Å². The highest BCUT2D eigenvalue weighted by Gasteiger charge is 2.37. The fraction of sp³-hybridized carbons (Fsp3) is 0.857. The zero-order valence-electron chi connectivity index (χ0n) is 8.24. The second-order valence-electron chi connectivity index (χ2n) is 2.86. The number of rotatable bonds is 4. The summed E-state index contributed by atoms with van der Waals surface area (Å²) >= 11 is 0. The molecule has 0 radical (unpaired) electrons. The molecule has 0 bridgehead atoms. The van der Waals surface area contributed by atoms with Crippen LogP contribution in [-0.2, 0) is 10.0 Å². The lowest BCUT2D eigenvalue weighted by atomic mass is 10.5. The molecule has 0 saturated heterocycles. The zero-order valence-corrected chi connectivity index (χ0v) is 9.06. The van der Waals surface area contributed by atoms with E-state index in [2.05, 4.69) is 0 Å². The van der Waals surface area contributed by atoms with E-state index >= 15 is 0 Å². The van der Waals surface area contributed by atoms with Gasteiger partial charge in [0.25, 0.3) is 0 Å². The lowest BCUT2D eigenvalue weighted by Gasteiger charge is -2.22. The van der Waals surface area contributed by atoms with E-state index in [1.807, 2.05) is 0 Å². The van der Waals surface area contributed by atoms with Crippen LogP contribution in [0.1, 0.15) is 13.8 Å². The summed E-state index contributed by atoms with van der Waals surface area (Å²) in [4.78, 5) is 0. The molecule has 4 nitrogen and oxygen atoms in total. The predicted octanol–water partition coefficient (Wildman–Crippen LogP) is 1.11. The molecule has 8 heteroatoms. The summed E-state index contributed by atoms with van der Waals surface area (Å²) in [6.07, 6.45) is -4.60. The molecule has 0 aliphatic rings. The molecule has 0 aromatic carbocycles. The molecule has 0 saturated carbocycles. The van der Waals surface area contributed by atoms with E-state index < -0.39 is 28.0 Å². The zero-order chi connectivity index (χ0) is 12.3. The van der Waals surface area contributed by atoms with Gasteiger partial charge in [0.05, 0.1) is 6.07 Å². The van der Waals surface area contributed by atoms with Crippen molar-refractivity contribution >= 4 is 10.0 Å². The second kappa shape index (κ2) is 4.81. The Bertz CT molecular complexity index is 344. The molecule has 0 N–H and O–H groups in total. The number of hydrogen-bond donors (Lipinski definition) is 0. The topological polar surface area (TPSA) is 61.2 Å². The van der Waals surface area contributed by atoms with Gasteiger partial charge in [-0.1, -0.05) is 6.92 Å². The van der Waals surface area contributed by atoms with Gasteiger partial charge in [0.2, 0.25) is 10.0 Å². The van der Waals surface area contributed by atoms with Crippen LogP contribution in [0.3, 0.4) is 0 Å². The standard InChI is InChI=1S/C7H11F3N2O2S/c1-3-12(5-7(8,9)10)15(13,14)6(2)4-11/h6H,3,5H2,1-2H3. The van der Waals surface area contributed by atoms with Gasteiger partial charge in [-0.25, -0.2) is 8.42 Å². The minimum Gasteiger partial charge on any atom is -0.211 e. The Kier molecular flexibility index (Phi) is 4.55. The Morgan fingerprint density at radius 1 is 1.47 bits per heavy atom. The van der Waals surface area contributed by atoms with Gasteiger partial charge in [-0.3, -0.25) is 0 Å².